The number of aromatic nitrogens is 2. The molecule has 0 saturated carbocycles. The predicted octanol–water partition coefficient (Wildman–Crippen LogP) is 16.5. The Bertz CT molecular complexity index is 3770. The van der Waals surface area contributed by atoms with Crippen LogP contribution < -0.4 is 4.90 Å². The highest BCUT2D eigenvalue weighted by molar-refractivity contribution is 6.11. The molecule has 0 radical (unpaired) electrons. The molecule has 0 bridgehead atoms. The molecule has 0 fully saturated rings. The van der Waals surface area contributed by atoms with Gasteiger partial charge in [-0.25, -0.2) is 0 Å². The number of rotatable bonds is 8. The average molecular weight is 854 g/mol. The van der Waals surface area contributed by atoms with Crippen molar-refractivity contribution in [2.75, 3.05) is 4.90 Å². The lowest BCUT2D eigenvalue weighted by Crippen LogP contribution is -2.28. The van der Waals surface area contributed by atoms with Gasteiger partial charge in [0.15, 0.2) is 0 Å². The minimum atomic E-state index is -0.490. The quantitative estimate of drug-likeness (QED) is 0.152. The molecule has 0 atom stereocenters. The van der Waals surface area contributed by atoms with E-state index in [1.807, 2.05) is 12.3 Å². The van der Waals surface area contributed by atoms with E-state index in [2.05, 4.69) is 258 Å². The number of fused-ring (bicyclic) bond motifs is 7. The minimum absolute atomic E-state index is 0.490. The average Bonchev–Trinajstić information content (AvgIpc) is 3.90. The van der Waals surface area contributed by atoms with Gasteiger partial charge in [0.05, 0.1) is 33.3 Å². The fourth-order valence-electron chi connectivity index (χ4n) is 11.1. The van der Waals surface area contributed by atoms with E-state index in [-0.39, 0.29) is 0 Å². The maximum atomic E-state index is 4.69. The SMILES string of the molecule is c1ccc(N(c2cccc(-c3cccc(-c4ccc5c6ccccc6n(-c6cccc7c6-c6ccccc6C7(c6ccccc6)c6ccccc6)c5c4)c3)c2)c2cccc3ncccc23)cc1. The third-order valence-electron chi connectivity index (χ3n) is 13.9. The van der Waals surface area contributed by atoms with Crippen LogP contribution in [-0.2, 0) is 5.41 Å². The lowest BCUT2D eigenvalue weighted by atomic mass is 9.68. The number of hydrogen-bond donors (Lipinski definition) is 0. The highest BCUT2D eigenvalue weighted by Crippen LogP contribution is 2.58. The van der Waals surface area contributed by atoms with Crippen LogP contribution in [0.4, 0.5) is 17.1 Å². The topological polar surface area (TPSA) is 21.1 Å². The highest BCUT2D eigenvalue weighted by atomic mass is 15.1. The van der Waals surface area contributed by atoms with Crippen molar-refractivity contribution < 1.29 is 0 Å². The maximum absolute atomic E-state index is 4.69. The molecule has 0 unspecified atom stereocenters. The first-order valence-corrected chi connectivity index (χ1v) is 23.0. The van der Waals surface area contributed by atoms with Crippen LogP contribution in [0.2, 0.25) is 0 Å². The summed E-state index contributed by atoms with van der Waals surface area (Å²) in [6, 6.07) is 93.0. The second kappa shape index (κ2) is 15.7. The number of anilines is 3. The molecular formula is C64H43N3. The van der Waals surface area contributed by atoms with E-state index >= 15 is 0 Å². The highest BCUT2D eigenvalue weighted by Gasteiger charge is 2.47. The van der Waals surface area contributed by atoms with Gasteiger partial charge in [0.2, 0.25) is 0 Å². The van der Waals surface area contributed by atoms with Gasteiger partial charge in [-0.15, -0.1) is 0 Å². The molecule has 10 aromatic carbocycles. The van der Waals surface area contributed by atoms with Crippen LogP contribution in [0.15, 0.2) is 261 Å². The number of benzene rings is 10. The second-order valence-electron chi connectivity index (χ2n) is 17.5. The maximum Gasteiger partial charge on any atom is 0.0723 e. The summed E-state index contributed by atoms with van der Waals surface area (Å²) < 4.78 is 2.52. The Morgan fingerprint density at radius 1 is 0.373 bits per heavy atom. The molecule has 0 saturated heterocycles. The van der Waals surface area contributed by atoms with E-state index < -0.39 is 5.41 Å². The Kier molecular flexibility index (Phi) is 9.07. The van der Waals surface area contributed by atoms with Crippen molar-refractivity contribution in [3.63, 3.8) is 0 Å². The summed E-state index contributed by atoms with van der Waals surface area (Å²) in [4.78, 5) is 7.03. The zero-order valence-corrected chi connectivity index (χ0v) is 36.7. The van der Waals surface area contributed by atoms with Gasteiger partial charge in [0, 0.05) is 39.3 Å². The molecule has 12 aromatic rings. The standard InChI is InChI=1S/C64H43N3/c1-4-22-48(23-5-1)64(49-24-6-2-7-25-49)56-32-12-10-30-54(56)63-57(64)33-16-37-61(63)67-59-35-13-11-29-52(59)53-39-38-47(43-62(53)67)45-20-14-19-44(41-45)46-21-15-28-51(42-46)66(50-26-8-3-9-27-50)60-36-17-34-58-55(60)31-18-40-65-58/h1-43H. The molecule has 13 rings (SSSR count). The molecule has 2 aromatic heterocycles. The fourth-order valence-corrected chi connectivity index (χ4v) is 11.1. The minimum Gasteiger partial charge on any atom is -0.310 e. The van der Waals surface area contributed by atoms with Gasteiger partial charge < -0.3 is 9.47 Å². The van der Waals surface area contributed by atoms with E-state index in [0.29, 0.717) is 0 Å². The van der Waals surface area contributed by atoms with Crippen molar-refractivity contribution in [3.05, 3.63) is 283 Å². The van der Waals surface area contributed by atoms with Gasteiger partial charge in [0.25, 0.3) is 0 Å². The van der Waals surface area contributed by atoms with E-state index in [9.17, 15) is 0 Å². The lowest BCUT2D eigenvalue weighted by molar-refractivity contribution is 0.768. The molecule has 3 heteroatoms. The summed E-state index contributed by atoms with van der Waals surface area (Å²) in [5.41, 5.74) is 19.6. The van der Waals surface area contributed by atoms with Gasteiger partial charge in [-0.2, -0.15) is 0 Å². The molecule has 1 aliphatic rings. The van der Waals surface area contributed by atoms with Gasteiger partial charge in [-0.1, -0.05) is 182 Å². The first kappa shape index (κ1) is 38.6. The van der Waals surface area contributed by atoms with Crippen molar-refractivity contribution in [2.24, 2.45) is 0 Å². The third-order valence-corrected chi connectivity index (χ3v) is 13.9. The molecule has 3 nitrogen and oxygen atoms in total. The van der Waals surface area contributed by atoms with Crippen molar-refractivity contribution >= 4 is 49.8 Å². The number of para-hydroxylation sites is 2. The molecule has 0 spiro atoms. The van der Waals surface area contributed by atoms with Crippen LogP contribution in [0, 0.1) is 0 Å². The molecule has 2 heterocycles. The second-order valence-corrected chi connectivity index (χ2v) is 17.5. The van der Waals surface area contributed by atoms with Crippen LogP contribution in [0.1, 0.15) is 22.3 Å². The Morgan fingerprint density at radius 3 is 1.75 bits per heavy atom. The van der Waals surface area contributed by atoms with Crippen LogP contribution in [-0.4, -0.2) is 9.55 Å². The number of pyridine rings is 1. The van der Waals surface area contributed by atoms with Crippen molar-refractivity contribution in [3.8, 4) is 39.1 Å². The Morgan fingerprint density at radius 2 is 0.955 bits per heavy atom. The molecule has 0 N–H and O–H groups in total. The van der Waals surface area contributed by atoms with Crippen LogP contribution in [0.5, 0.6) is 0 Å². The van der Waals surface area contributed by atoms with E-state index in [4.69, 9.17) is 4.98 Å². The van der Waals surface area contributed by atoms with Crippen LogP contribution >= 0.6 is 0 Å². The first-order valence-electron chi connectivity index (χ1n) is 23.0. The number of hydrogen-bond acceptors (Lipinski definition) is 2. The molecule has 1 aliphatic carbocycles. The van der Waals surface area contributed by atoms with Gasteiger partial charge >= 0.3 is 0 Å². The molecular weight excluding hydrogens is 811 g/mol. The van der Waals surface area contributed by atoms with E-state index in [1.54, 1.807) is 0 Å². The van der Waals surface area contributed by atoms with E-state index in [1.165, 1.54) is 66.4 Å². The van der Waals surface area contributed by atoms with E-state index in [0.717, 1.165) is 44.7 Å². The monoisotopic (exact) mass is 853 g/mol. The zero-order valence-electron chi connectivity index (χ0n) is 36.7. The molecule has 67 heavy (non-hydrogen) atoms. The lowest BCUT2D eigenvalue weighted by Gasteiger charge is -2.34. The third kappa shape index (κ3) is 6.09. The molecule has 314 valence electrons. The normalized spacial score (nSPS) is 12.6. The fraction of sp³-hybridized carbons (Fsp3) is 0.0156. The summed E-state index contributed by atoms with van der Waals surface area (Å²) in [6.45, 7) is 0. The Hall–Kier alpha value is -8.79. The summed E-state index contributed by atoms with van der Waals surface area (Å²) >= 11 is 0. The van der Waals surface area contributed by atoms with Crippen molar-refractivity contribution in [2.45, 2.75) is 5.41 Å². The summed E-state index contributed by atoms with van der Waals surface area (Å²) in [6.07, 6.45) is 1.86. The largest absolute Gasteiger partial charge is 0.310 e. The number of nitrogens with zero attached hydrogens (tertiary/aromatic N) is 3. The predicted molar refractivity (Wildman–Crippen MR) is 279 cm³/mol. The van der Waals surface area contributed by atoms with Crippen molar-refractivity contribution in [1.82, 2.24) is 9.55 Å². The Balaban J connectivity index is 0.970. The van der Waals surface area contributed by atoms with Crippen LogP contribution in [0.25, 0.3) is 71.8 Å². The molecule has 0 amide bonds. The van der Waals surface area contributed by atoms with Gasteiger partial charge in [0.1, 0.15) is 0 Å². The zero-order chi connectivity index (χ0) is 44.3. The summed E-state index contributed by atoms with van der Waals surface area (Å²) in [5.74, 6) is 0. The van der Waals surface area contributed by atoms with Crippen molar-refractivity contribution in [1.29, 1.82) is 0 Å². The van der Waals surface area contributed by atoms with Gasteiger partial charge in [-0.3, -0.25) is 4.98 Å². The Labute approximate surface area is 390 Å². The van der Waals surface area contributed by atoms with Crippen LogP contribution in [0.3, 0.4) is 0 Å². The summed E-state index contributed by atoms with van der Waals surface area (Å²) in [7, 11) is 0. The molecule has 0 aliphatic heterocycles. The van der Waals surface area contributed by atoms with Gasteiger partial charge in [-0.05, 0) is 123 Å². The smallest absolute Gasteiger partial charge is 0.0723 e. The summed E-state index contributed by atoms with van der Waals surface area (Å²) in [5, 5.41) is 3.57. The first-order chi connectivity index (χ1) is 33.3.